The van der Waals surface area contributed by atoms with Crippen molar-refractivity contribution in [1.82, 2.24) is 4.90 Å². The summed E-state index contributed by atoms with van der Waals surface area (Å²) in [5.41, 5.74) is 6.91. The summed E-state index contributed by atoms with van der Waals surface area (Å²) in [7, 11) is 3.88. The highest BCUT2D eigenvalue weighted by atomic mass is 16.5. The van der Waals surface area contributed by atoms with Gasteiger partial charge in [-0.3, -0.25) is 4.79 Å². The third-order valence-electron chi connectivity index (χ3n) is 2.30. The minimum Gasteiger partial charge on any atom is -0.492 e. The Balaban J connectivity index is 2.70. The van der Waals surface area contributed by atoms with Gasteiger partial charge in [-0.2, -0.15) is 0 Å². The summed E-state index contributed by atoms with van der Waals surface area (Å²) in [5, 5.41) is 2.77. The molecule has 0 unspecified atom stereocenters. The van der Waals surface area contributed by atoms with Gasteiger partial charge in [0.15, 0.2) is 0 Å². The van der Waals surface area contributed by atoms with Crippen LogP contribution in [0.1, 0.15) is 6.92 Å². The van der Waals surface area contributed by atoms with Gasteiger partial charge in [-0.05, 0) is 33.2 Å². The van der Waals surface area contributed by atoms with Gasteiger partial charge in [0.2, 0.25) is 5.91 Å². The molecule has 0 atom stereocenters. The molecule has 0 saturated carbocycles. The largest absolute Gasteiger partial charge is 0.492 e. The number of benzene rings is 1. The van der Waals surface area contributed by atoms with E-state index >= 15 is 0 Å². The van der Waals surface area contributed by atoms with Gasteiger partial charge in [-0.1, -0.05) is 6.08 Å². The molecule has 1 amide bonds. The molecule has 0 aliphatic carbocycles. The Bertz CT molecular complexity index is 456. The lowest BCUT2D eigenvalue weighted by molar-refractivity contribution is -0.111. The Labute approximate surface area is 114 Å². The fourth-order valence-corrected chi connectivity index (χ4v) is 1.46. The van der Waals surface area contributed by atoms with Gasteiger partial charge in [0.25, 0.3) is 0 Å². The van der Waals surface area contributed by atoms with Crippen LogP contribution in [-0.2, 0) is 4.79 Å². The van der Waals surface area contributed by atoms with Crippen LogP contribution in [-0.4, -0.2) is 38.1 Å². The zero-order chi connectivity index (χ0) is 14.3. The molecule has 0 bridgehead atoms. The highest BCUT2D eigenvalue weighted by molar-refractivity contribution is 6.00. The lowest BCUT2D eigenvalue weighted by atomic mass is 10.2. The van der Waals surface area contributed by atoms with Crippen molar-refractivity contribution in [3.63, 3.8) is 0 Å². The lowest BCUT2D eigenvalue weighted by Crippen LogP contribution is -2.13. The second-order valence-corrected chi connectivity index (χ2v) is 4.34. The van der Waals surface area contributed by atoms with Gasteiger partial charge in [-0.15, -0.1) is 0 Å². The molecule has 1 rings (SSSR count). The number of likely N-dealkylation sites (N-methyl/N-ethyl adjacent to an activating group) is 1. The van der Waals surface area contributed by atoms with Crippen LogP contribution in [0.25, 0.3) is 0 Å². The number of nitrogens with two attached hydrogens (primary N) is 1. The minimum absolute atomic E-state index is 0.187. The van der Waals surface area contributed by atoms with Crippen LogP contribution in [0.3, 0.4) is 0 Å². The summed E-state index contributed by atoms with van der Waals surface area (Å²) in [6, 6.07) is 5.16. The molecule has 0 aliphatic rings. The minimum atomic E-state index is -0.187. The van der Waals surface area contributed by atoms with E-state index in [1.807, 2.05) is 25.9 Å². The Morgan fingerprint density at radius 2 is 2.21 bits per heavy atom. The van der Waals surface area contributed by atoms with Crippen LogP contribution in [0.4, 0.5) is 11.4 Å². The van der Waals surface area contributed by atoms with E-state index < -0.39 is 0 Å². The number of carbonyl (C=O) groups is 1. The van der Waals surface area contributed by atoms with Crippen molar-refractivity contribution in [2.75, 3.05) is 38.3 Å². The fraction of sp³-hybridized carbons (Fsp3) is 0.357. The van der Waals surface area contributed by atoms with Crippen LogP contribution in [0.15, 0.2) is 30.4 Å². The predicted molar refractivity (Wildman–Crippen MR) is 78.3 cm³/mol. The molecule has 104 valence electrons. The normalized spacial score (nSPS) is 10.9. The van der Waals surface area contributed by atoms with Gasteiger partial charge >= 0.3 is 0 Å². The van der Waals surface area contributed by atoms with E-state index in [2.05, 4.69) is 5.32 Å². The Morgan fingerprint density at radius 1 is 1.47 bits per heavy atom. The molecule has 0 saturated heterocycles. The first-order valence-electron chi connectivity index (χ1n) is 6.17. The lowest BCUT2D eigenvalue weighted by Gasteiger charge is -2.11. The average molecular weight is 263 g/mol. The van der Waals surface area contributed by atoms with Crippen molar-refractivity contribution >= 4 is 17.3 Å². The SMILES string of the molecule is CCOc1cc(N)ccc1NC(=O)/C=C/CN(C)C. The van der Waals surface area contributed by atoms with E-state index in [4.69, 9.17) is 10.5 Å². The van der Waals surface area contributed by atoms with E-state index in [1.165, 1.54) is 6.08 Å². The van der Waals surface area contributed by atoms with Crippen molar-refractivity contribution in [1.29, 1.82) is 0 Å². The summed E-state index contributed by atoms with van der Waals surface area (Å²) >= 11 is 0. The summed E-state index contributed by atoms with van der Waals surface area (Å²) in [5.74, 6) is 0.393. The highest BCUT2D eigenvalue weighted by Crippen LogP contribution is 2.26. The molecule has 5 heteroatoms. The number of rotatable bonds is 6. The molecule has 1 aromatic carbocycles. The van der Waals surface area contributed by atoms with Gasteiger partial charge in [0, 0.05) is 24.4 Å². The van der Waals surface area contributed by atoms with Crippen LogP contribution < -0.4 is 15.8 Å². The average Bonchev–Trinajstić information content (AvgIpc) is 2.32. The Kier molecular flexibility index (Phi) is 5.89. The molecule has 0 heterocycles. The standard InChI is InChI=1S/C14H21N3O2/c1-4-19-13-10-11(15)7-8-12(13)16-14(18)6-5-9-17(2)3/h5-8,10H,4,9,15H2,1-3H3,(H,16,18)/b6-5+. The maximum Gasteiger partial charge on any atom is 0.248 e. The zero-order valence-electron chi connectivity index (χ0n) is 11.6. The molecule has 0 fully saturated rings. The number of anilines is 2. The summed E-state index contributed by atoms with van der Waals surface area (Å²) < 4.78 is 5.43. The van der Waals surface area contributed by atoms with Crippen molar-refractivity contribution < 1.29 is 9.53 Å². The maximum atomic E-state index is 11.7. The first-order chi connectivity index (χ1) is 9.02. The number of amides is 1. The van der Waals surface area contributed by atoms with Gasteiger partial charge in [0.1, 0.15) is 5.75 Å². The number of nitrogen functional groups attached to an aromatic ring is 1. The number of carbonyl (C=O) groups excluding carboxylic acids is 1. The van der Waals surface area contributed by atoms with Crippen LogP contribution in [0.5, 0.6) is 5.75 Å². The van der Waals surface area contributed by atoms with Gasteiger partial charge in [-0.25, -0.2) is 0 Å². The Morgan fingerprint density at radius 3 is 2.84 bits per heavy atom. The third kappa shape index (κ3) is 5.44. The molecule has 5 nitrogen and oxygen atoms in total. The molecular formula is C14H21N3O2. The topological polar surface area (TPSA) is 67.6 Å². The first kappa shape index (κ1) is 15.0. The molecule has 0 aromatic heterocycles. The zero-order valence-corrected chi connectivity index (χ0v) is 11.6. The van der Waals surface area contributed by atoms with Gasteiger partial charge in [0.05, 0.1) is 12.3 Å². The third-order valence-corrected chi connectivity index (χ3v) is 2.30. The first-order valence-corrected chi connectivity index (χ1v) is 6.17. The molecule has 0 aliphatic heterocycles. The molecule has 19 heavy (non-hydrogen) atoms. The van der Waals surface area contributed by atoms with Crippen molar-refractivity contribution in [3.8, 4) is 5.75 Å². The van der Waals surface area contributed by atoms with Crippen molar-refractivity contribution in [2.24, 2.45) is 0 Å². The summed E-state index contributed by atoms with van der Waals surface area (Å²) in [4.78, 5) is 13.7. The highest BCUT2D eigenvalue weighted by Gasteiger charge is 2.06. The number of nitrogens with one attached hydrogen (secondary N) is 1. The maximum absolute atomic E-state index is 11.7. The van der Waals surface area contributed by atoms with Crippen molar-refractivity contribution in [2.45, 2.75) is 6.92 Å². The summed E-state index contributed by atoms with van der Waals surface area (Å²) in [6.45, 7) is 3.11. The number of hydrogen-bond acceptors (Lipinski definition) is 4. The molecule has 1 aromatic rings. The second-order valence-electron chi connectivity index (χ2n) is 4.34. The molecule has 0 radical (unpaired) electrons. The van der Waals surface area contributed by atoms with E-state index in [9.17, 15) is 4.79 Å². The fourth-order valence-electron chi connectivity index (χ4n) is 1.46. The van der Waals surface area contributed by atoms with Gasteiger partial charge < -0.3 is 20.7 Å². The number of ether oxygens (including phenoxy) is 1. The number of nitrogens with zero attached hydrogens (tertiary/aromatic N) is 1. The van der Waals surface area contributed by atoms with Crippen LogP contribution in [0, 0.1) is 0 Å². The predicted octanol–water partition coefficient (Wildman–Crippen LogP) is 1.72. The number of hydrogen-bond donors (Lipinski definition) is 2. The van der Waals surface area contributed by atoms with E-state index in [0.717, 1.165) is 0 Å². The summed E-state index contributed by atoms with van der Waals surface area (Å²) in [6.07, 6.45) is 3.30. The molecular weight excluding hydrogens is 242 g/mol. The smallest absolute Gasteiger partial charge is 0.248 e. The second kappa shape index (κ2) is 7.43. The van der Waals surface area contributed by atoms with Crippen molar-refractivity contribution in [3.05, 3.63) is 30.4 Å². The Hall–Kier alpha value is -2.01. The van der Waals surface area contributed by atoms with E-state index in [-0.39, 0.29) is 5.91 Å². The van der Waals surface area contributed by atoms with E-state index in [0.29, 0.717) is 30.3 Å². The monoisotopic (exact) mass is 263 g/mol. The van der Waals surface area contributed by atoms with Crippen LogP contribution in [0.2, 0.25) is 0 Å². The molecule has 0 spiro atoms. The quantitative estimate of drug-likeness (QED) is 0.606. The van der Waals surface area contributed by atoms with E-state index in [1.54, 1.807) is 24.3 Å². The van der Waals surface area contributed by atoms with Crippen LogP contribution >= 0.6 is 0 Å². The molecule has 3 N–H and O–H groups in total.